The van der Waals surface area contributed by atoms with Crippen molar-refractivity contribution in [3.8, 4) is 0 Å². The minimum absolute atomic E-state index is 0.213. The van der Waals surface area contributed by atoms with Crippen molar-refractivity contribution in [3.63, 3.8) is 0 Å². The van der Waals surface area contributed by atoms with E-state index in [2.05, 4.69) is 12.2 Å². The van der Waals surface area contributed by atoms with E-state index in [4.69, 9.17) is 0 Å². The van der Waals surface area contributed by atoms with E-state index in [1.165, 1.54) is 51.4 Å². The largest absolute Gasteiger partial charge is 0.385 e. The van der Waals surface area contributed by atoms with Gasteiger partial charge >= 0.3 is 0 Å². The molecule has 2 heteroatoms. The molecule has 0 unspecified atom stereocenters. The lowest BCUT2D eigenvalue weighted by molar-refractivity contribution is 0.0988. The van der Waals surface area contributed by atoms with Gasteiger partial charge in [0, 0.05) is 24.2 Å². The normalized spacial score (nSPS) is 10.6. The molecule has 0 bridgehead atoms. The first-order valence-corrected chi connectivity index (χ1v) is 8.65. The molecule has 0 spiro atoms. The van der Waals surface area contributed by atoms with Gasteiger partial charge in [-0.1, -0.05) is 58.8 Å². The molecule has 0 heterocycles. The number of carbonyl (C=O) groups excluding carboxylic acids is 1. The Morgan fingerprint density at radius 1 is 0.857 bits per heavy atom. The van der Waals surface area contributed by atoms with E-state index >= 15 is 0 Å². The average molecular weight is 289 g/mol. The number of hydrogen-bond acceptors (Lipinski definition) is 2. The molecule has 0 aliphatic rings. The molecule has 0 aromatic heterocycles. The second kappa shape index (κ2) is 11.4. The van der Waals surface area contributed by atoms with Crippen molar-refractivity contribution in [1.82, 2.24) is 0 Å². The molecule has 0 atom stereocenters. The lowest BCUT2D eigenvalue weighted by atomic mass is 10.1. The van der Waals surface area contributed by atoms with Crippen LogP contribution in [0.4, 0.5) is 5.69 Å². The first kappa shape index (κ1) is 17.7. The smallest absolute Gasteiger partial charge is 0.162 e. The highest BCUT2D eigenvalue weighted by atomic mass is 16.1. The third kappa shape index (κ3) is 7.89. The lowest BCUT2D eigenvalue weighted by Gasteiger charge is -2.07. The van der Waals surface area contributed by atoms with Gasteiger partial charge in [-0.15, -0.1) is 0 Å². The van der Waals surface area contributed by atoms with Crippen molar-refractivity contribution in [2.75, 3.05) is 11.9 Å². The molecular formula is C19H31NO. The van der Waals surface area contributed by atoms with Gasteiger partial charge in [0.1, 0.15) is 0 Å². The van der Waals surface area contributed by atoms with Gasteiger partial charge in [0.2, 0.25) is 0 Å². The van der Waals surface area contributed by atoms with Crippen LogP contribution in [-0.2, 0) is 0 Å². The number of nitrogens with one attached hydrogen (secondary N) is 1. The molecule has 0 fully saturated rings. The van der Waals surface area contributed by atoms with Crippen LogP contribution in [0, 0.1) is 0 Å². The maximum atomic E-state index is 11.5. The fraction of sp³-hybridized carbons (Fsp3) is 0.632. The molecule has 0 saturated carbocycles. The molecular weight excluding hydrogens is 258 g/mol. The van der Waals surface area contributed by atoms with Crippen molar-refractivity contribution in [1.29, 1.82) is 0 Å². The molecule has 0 amide bonds. The van der Waals surface area contributed by atoms with Crippen molar-refractivity contribution in [3.05, 3.63) is 29.8 Å². The molecule has 1 aromatic carbocycles. The number of ketones is 1. The Morgan fingerprint density at radius 3 is 2.00 bits per heavy atom. The van der Waals surface area contributed by atoms with E-state index in [0.717, 1.165) is 17.8 Å². The van der Waals surface area contributed by atoms with Crippen LogP contribution in [0.25, 0.3) is 0 Å². The molecule has 21 heavy (non-hydrogen) atoms. The fourth-order valence-electron chi connectivity index (χ4n) is 2.47. The maximum absolute atomic E-state index is 11.5. The first-order chi connectivity index (χ1) is 10.3. The Hall–Kier alpha value is -1.31. The standard InChI is InChI=1S/C19H31NO/c1-3-5-6-7-8-9-10-11-16-20-18-14-12-17(13-15-18)19(21)4-2/h12-15,20H,3-11,16H2,1-2H3. The van der Waals surface area contributed by atoms with Gasteiger partial charge in [0.15, 0.2) is 5.78 Å². The van der Waals surface area contributed by atoms with Crippen molar-refractivity contribution in [2.45, 2.75) is 71.6 Å². The molecule has 0 radical (unpaired) electrons. The SMILES string of the molecule is CCCCCCCCCCNc1ccc(C(=O)CC)cc1. The van der Waals surface area contributed by atoms with E-state index in [-0.39, 0.29) is 5.78 Å². The predicted octanol–water partition coefficient (Wildman–Crippen LogP) is 5.83. The number of benzene rings is 1. The highest BCUT2D eigenvalue weighted by Gasteiger charge is 2.01. The minimum Gasteiger partial charge on any atom is -0.385 e. The second-order valence-electron chi connectivity index (χ2n) is 5.76. The summed E-state index contributed by atoms with van der Waals surface area (Å²) in [4.78, 5) is 11.5. The van der Waals surface area contributed by atoms with Gasteiger partial charge in [0.25, 0.3) is 0 Å². The van der Waals surface area contributed by atoms with Crippen molar-refractivity contribution >= 4 is 11.5 Å². The molecule has 0 saturated heterocycles. The van der Waals surface area contributed by atoms with E-state index < -0.39 is 0 Å². The Balaban J connectivity index is 2.06. The predicted molar refractivity (Wildman–Crippen MR) is 92.2 cm³/mol. The lowest BCUT2D eigenvalue weighted by Crippen LogP contribution is -2.02. The third-order valence-electron chi connectivity index (χ3n) is 3.89. The average Bonchev–Trinajstić information content (AvgIpc) is 2.53. The first-order valence-electron chi connectivity index (χ1n) is 8.65. The van der Waals surface area contributed by atoms with Crippen LogP contribution in [0.3, 0.4) is 0 Å². The van der Waals surface area contributed by atoms with Crippen LogP contribution >= 0.6 is 0 Å². The van der Waals surface area contributed by atoms with Gasteiger partial charge in [-0.3, -0.25) is 4.79 Å². The third-order valence-corrected chi connectivity index (χ3v) is 3.89. The quantitative estimate of drug-likeness (QED) is 0.387. The molecule has 1 rings (SSSR count). The van der Waals surface area contributed by atoms with Crippen LogP contribution in [-0.4, -0.2) is 12.3 Å². The summed E-state index contributed by atoms with van der Waals surface area (Å²) >= 11 is 0. The summed E-state index contributed by atoms with van der Waals surface area (Å²) in [5.41, 5.74) is 1.93. The second-order valence-corrected chi connectivity index (χ2v) is 5.76. The molecule has 118 valence electrons. The summed E-state index contributed by atoms with van der Waals surface area (Å²) in [6.07, 6.45) is 11.4. The van der Waals surface area contributed by atoms with Crippen LogP contribution in [0.15, 0.2) is 24.3 Å². The molecule has 1 N–H and O–H groups in total. The van der Waals surface area contributed by atoms with Crippen LogP contribution in [0.2, 0.25) is 0 Å². The maximum Gasteiger partial charge on any atom is 0.162 e. The van der Waals surface area contributed by atoms with Crippen LogP contribution < -0.4 is 5.32 Å². The number of rotatable bonds is 12. The summed E-state index contributed by atoms with van der Waals surface area (Å²) in [5, 5.41) is 3.43. The fourth-order valence-corrected chi connectivity index (χ4v) is 2.47. The number of unbranched alkanes of at least 4 members (excludes halogenated alkanes) is 7. The van der Waals surface area contributed by atoms with Gasteiger partial charge in [0.05, 0.1) is 0 Å². The molecule has 1 aromatic rings. The summed E-state index contributed by atoms with van der Waals surface area (Å²) < 4.78 is 0. The van der Waals surface area contributed by atoms with E-state index in [0.29, 0.717) is 6.42 Å². The highest BCUT2D eigenvalue weighted by Crippen LogP contribution is 2.12. The zero-order valence-corrected chi connectivity index (χ0v) is 13.8. The van der Waals surface area contributed by atoms with E-state index in [9.17, 15) is 4.79 Å². The summed E-state index contributed by atoms with van der Waals surface area (Å²) in [6.45, 7) is 5.18. The number of hydrogen-bond donors (Lipinski definition) is 1. The summed E-state index contributed by atoms with van der Waals surface area (Å²) in [7, 11) is 0. The van der Waals surface area contributed by atoms with Crippen molar-refractivity contribution in [2.24, 2.45) is 0 Å². The van der Waals surface area contributed by atoms with Crippen LogP contribution in [0.1, 0.15) is 82.0 Å². The van der Waals surface area contributed by atoms with E-state index in [1.54, 1.807) is 0 Å². The number of carbonyl (C=O) groups is 1. The van der Waals surface area contributed by atoms with Gasteiger partial charge in [-0.05, 0) is 30.7 Å². The summed E-state index contributed by atoms with van der Waals surface area (Å²) in [6, 6.07) is 7.85. The highest BCUT2D eigenvalue weighted by molar-refractivity contribution is 5.96. The topological polar surface area (TPSA) is 29.1 Å². The molecule has 0 aliphatic carbocycles. The summed E-state index contributed by atoms with van der Waals surface area (Å²) in [5.74, 6) is 0.213. The molecule has 0 aliphatic heterocycles. The van der Waals surface area contributed by atoms with Gasteiger partial charge in [-0.2, -0.15) is 0 Å². The Kier molecular flexibility index (Phi) is 9.60. The van der Waals surface area contributed by atoms with Crippen molar-refractivity contribution < 1.29 is 4.79 Å². The zero-order chi connectivity index (χ0) is 15.3. The number of anilines is 1. The Labute approximate surface area is 130 Å². The van der Waals surface area contributed by atoms with Gasteiger partial charge in [-0.25, -0.2) is 0 Å². The van der Waals surface area contributed by atoms with E-state index in [1.807, 2.05) is 31.2 Å². The zero-order valence-electron chi connectivity index (χ0n) is 13.8. The molecule has 2 nitrogen and oxygen atoms in total. The Bertz CT molecular complexity index is 383. The number of Topliss-reactive ketones (excluding diaryl/α,β-unsaturated/α-hetero) is 1. The van der Waals surface area contributed by atoms with Crippen LogP contribution in [0.5, 0.6) is 0 Å². The monoisotopic (exact) mass is 289 g/mol. The van der Waals surface area contributed by atoms with Gasteiger partial charge < -0.3 is 5.32 Å². The Morgan fingerprint density at radius 2 is 1.43 bits per heavy atom. The minimum atomic E-state index is 0.213.